The molecule has 1 aromatic heterocycles. The predicted molar refractivity (Wildman–Crippen MR) is 105 cm³/mol. The van der Waals surface area contributed by atoms with Crippen molar-refractivity contribution < 1.29 is 18.7 Å². The highest BCUT2D eigenvalue weighted by Gasteiger charge is 2.19. The SMILES string of the molecule is CCC(NC(=O)c1coc(CN)c1)c1ccccc1OCC(=O)N(C)C.Cl. The fourth-order valence-electron chi connectivity index (χ4n) is 2.42. The molecule has 0 bridgehead atoms. The maximum Gasteiger partial charge on any atom is 0.259 e. The number of carbonyl (C=O) groups excluding carboxylic acids is 2. The lowest BCUT2D eigenvalue weighted by atomic mass is 10.0. The number of hydrogen-bond donors (Lipinski definition) is 2. The summed E-state index contributed by atoms with van der Waals surface area (Å²) in [6.45, 7) is 2.14. The lowest BCUT2D eigenvalue weighted by Gasteiger charge is -2.21. The van der Waals surface area contributed by atoms with Gasteiger partial charge in [-0.2, -0.15) is 0 Å². The molecule has 0 aliphatic carbocycles. The summed E-state index contributed by atoms with van der Waals surface area (Å²) in [4.78, 5) is 25.7. The summed E-state index contributed by atoms with van der Waals surface area (Å²) < 4.78 is 10.9. The molecule has 2 aromatic rings. The van der Waals surface area contributed by atoms with E-state index in [-0.39, 0.29) is 43.4 Å². The van der Waals surface area contributed by atoms with Gasteiger partial charge in [-0.3, -0.25) is 9.59 Å². The Kier molecular flexibility index (Phi) is 8.84. The monoisotopic (exact) mass is 395 g/mol. The third kappa shape index (κ3) is 6.01. The first kappa shape index (κ1) is 22.5. The van der Waals surface area contributed by atoms with Crippen LogP contribution >= 0.6 is 12.4 Å². The average Bonchev–Trinajstić information content (AvgIpc) is 3.13. The van der Waals surface area contributed by atoms with E-state index in [1.807, 2.05) is 25.1 Å². The van der Waals surface area contributed by atoms with Crippen LogP contribution in [-0.4, -0.2) is 37.4 Å². The van der Waals surface area contributed by atoms with Crippen molar-refractivity contribution in [3.63, 3.8) is 0 Å². The second-order valence-corrected chi connectivity index (χ2v) is 6.05. The Morgan fingerprint density at radius 1 is 1.30 bits per heavy atom. The van der Waals surface area contributed by atoms with Crippen molar-refractivity contribution in [2.45, 2.75) is 25.9 Å². The molecule has 1 heterocycles. The van der Waals surface area contributed by atoms with Gasteiger partial charge in [0.05, 0.1) is 18.2 Å². The number of nitrogens with one attached hydrogen (secondary N) is 1. The maximum absolute atomic E-state index is 12.5. The smallest absolute Gasteiger partial charge is 0.259 e. The first-order valence-electron chi connectivity index (χ1n) is 8.46. The van der Waals surface area contributed by atoms with E-state index in [1.54, 1.807) is 26.2 Å². The number of halogens is 1. The summed E-state index contributed by atoms with van der Waals surface area (Å²) in [7, 11) is 3.35. The Hall–Kier alpha value is -2.51. The zero-order valence-electron chi connectivity index (χ0n) is 15.7. The summed E-state index contributed by atoms with van der Waals surface area (Å²) in [6.07, 6.45) is 2.05. The van der Waals surface area contributed by atoms with E-state index in [0.29, 0.717) is 23.5 Å². The summed E-state index contributed by atoms with van der Waals surface area (Å²) >= 11 is 0. The third-order valence-corrected chi connectivity index (χ3v) is 3.98. The van der Waals surface area contributed by atoms with Crippen LogP contribution in [0.1, 0.15) is 41.1 Å². The van der Waals surface area contributed by atoms with Gasteiger partial charge in [0.2, 0.25) is 0 Å². The number of benzene rings is 1. The molecule has 0 aliphatic heterocycles. The van der Waals surface area contributed by atoms with Crippen LogP contribution in [0, 0.1) is 0 Å². The maximum atomic E-state index is 12.5. The lowest BCUT2D eigenvalue weighted by Crippen LogP contribution is -2.30. The minimum absolute atomic E-state index is 0. The molecule has 0 saturated heterocycles. The van der Waals surface area contributed by atoms with Gasteiger partial charge < -0.3 is 25.1 Å². The summed E-state index contributed by atoms with van der Waals surface area (Å²) in [6, 6.07) is 8.73. The Bertz CT molecular complexity index is 761. The molecule has 0 saturated carbocycles. The lowest BCUT2D eigenvalue weighted by molar-refractivity contribution is -0.130. The topological polar surface area (TPSA) is 97.8 Å². The highest BCUT2D eigenvalue weighted by atomic mass is 35.5. The Balaban J connectivity index is 0.00000364. The third-order valence-electron chi connectivity index (χ3n) is 3.98. The molecule has 2 rings (SSSR count). The van der Waals surface area contributed by atoms with E-state index < -0.39 is 0 Å². The number of ether oxygens (including phenoxy) is 1. The van der Waals surface area contributed by atoms with Crippen molar-refractivity contribution in [1.29, 1.82) is 0 Å². The van der Waals surface area contributed by atoms with Crippen LogP contribution < -0.4 is 15.8 Å². The number of rotatable bonds is 8. The van der Waals surface area contributed by atoms with Crippen molar-refractivity contribution in [1.82, 2.24) is 10.2 Å². The number of furan rings is 1. The second kappa shape index (κ2) is 10.6. The van der Waals surface area contributed by atoms with Crippen molar-refractivity contribution >= 4 is 24.2 Å². The molecule has 0 fully saturated rings. The van der Waals surface area contributed by atoms with E-state index in [9.17, 15) is 9.59 Å². The zero-order chi connectivity index (χ0) is 19.1. The Morgan fingerprint density at radius 3 is 2.59 bits per heavy atom. The number of amides is 2. The number of para-hydroxylation sites is 1. The predicted octanol–water partition coefficient (Wildman–Crippen LogP) is 2.51. The number of hydrogen-bond acceptors (Lipinski definition) is 5. The van der Waals surface area contributed by atoms with Crippen molar-refractivity contribution in [2.24, 2.45) is 5.73 Å². The molecule has 148 valence electrons. The van der Waals surface area contributed by atoms with Gasteiger partial charge in [-0.15, -0.1) is 12.4 Å². The van der Waals surface area contributed by atoms with Gasteiger partial charge in [-0.1, -0.05) is 25.1 Å². The number of likely N-dealkylation sites (N-methyl/N-ethyl adjacent to an activating group) is 1. The van der Waals surface area contributed by atoms with Crippen LogP contribution in [0.5, 0.6) is 5.75 Å². The van der Waals surface area contributed by atoms with Gasteiger partial charge in [-0.05, 0) is 18.6 Å². The zero-order valence-corrected chi connectivity index (χ0v) is 16.5. The van der Waals surface area contributed by atoms with E-state index in [2.05, 4.69) is 5.32 Å². The van der Waals surface area contributed by atoms with Crippen molar-refractivity contribution in [2.75, 3.05) is 20.7 Å². The van der Waals surface area contributed by atoms with Crippen LogP contribution in [0.2, 0.25) is 0 Å². The molecular weight excluding hydrogens is 370 g/mol. The van der Waals surface area contributed by atoms with Crippen LogP contribution in [-0.2, 0) is 11.3 Å². The molecule has 1 atom stereocenters. The molecule has 2 amide bonds. The van der Waals surface area contributed by atoms with Gasteiger partial charge in [0.25, 0.3) is 11.8 Å². The summed E-state index contributed by atoms with van der Waals surface area (Å²) in [5.74, 6) is 0.739. The van der Waals surface area contributed by atoms with E-state index in [0.717, 1.165) is 5.56 Å². The fourth-order valence-corrected chi connectivity index (χ4v) is 2.42. The van der Waals surface area contributed by atoms with E-state index in [1.165, 1.54) is 11.2 Å². The Morgan fingerprint density at radius 2 is 2.00 bits per heavy atom. The van der Waals surface area contributed by atoms with E-state index >= 15 is 0 Å². The quantitative estimate of drug-likeness (QED) is 0.715. The van der Waals surface area contributed by atoms with Crippen LogP contribution in [0.25, 0.3) is 0 Å². The fraction of sp³-hybridized carbons (Fsp3) is 0.368. The van der Waals surface area contributed by atoms with Gasteiger partial charge in [0.15, 0.2) is 6.61 Å². The first-order valence-corrected chi connectivity index (χ1v) is 8.46. The molecule has 0 spiro atoms. The van der Waals surface area contributed by atoms with Crippen LogP contribution in [0.15, 0.2) is 41.0 Å². The largest absolute Gasteiger partial charge is 0.483 e. The minimum atomic E-state index is -0.260. The second-order valence-electron chi connectivity index (χ2n) is 6.05. The van der Waals surface area contributed by atoms with Gasteiger partial charge >= 0.3 is 0 Å². The molecule has 1 aromatic carbocycles. The van der Waals surface area contributed by atoms with Crippen molar-refractivity contribution in [3.8, 4) is 5.75 Å². The van der Waals surface area contributed by atoms with Crippen molar-refractivity contribution in [3.05, 3.63) is 53.5 Å². The number of carbonyl (C=O) groups is 2. The molecule has 3 N–H and O–H groups in total. The average molecular weight is 396 g/mol. The van der Waals surface area contributed by atoms with Crippen LogP contribution in [0.4, 0.5) is 0 Å². The molecule has 27 heavy (non-hydrogen) atoms. The first-order chi connectivity index (χ1) is 12.5. The van der Waals surface area contributed by atoms with Gasteiger partial charge in [0, 0.05) is 19.7 Å². The number of nitrogens with zero attached hydrogens (tertiary/aromatic N) is 1. The molecule has 1 unspecified atom stereocenters. The molecule has 0 radical (unpaired) electrons. The molecule has 0 aliphatic rings. The minimum Gasteiger partial charge on any atom is -0.483 e. The number of nitrogens with two attached hydrogens (primary N) is 1. The molecule has 7 nitrogen and oxygen atoms in total. The Labute approximate surface area is 165 Å². The normalized spacial score (nSPS) is 11.3. The standard InChI is InChI=1S/C19H25N3O4.ClH/c1-4-16(21-19(24)13-9-14(10-20)25-11-13)15-7-5-6-8-17(15)26-12-18(23)22(2)3;/h5-9,11,16H,4,10,12,20H2,1-3H3,(H,21,24);1H. The highest BCUT2D eigenvalue weighted by molar-refractivity contribution is 5.94. The van der Waals surface area contributed by atoms with Gasteiger partial charge in [0.1, 0.15) is 17.8 Å². The van der Waals surface area contributed by atoms with E-state index in [4.69, 9.17) is 14.9 Å². The summed E-state index contributed by atoms with van der Waals surface area (Å²) in [5, 5.41) is 2.97. The molecule has 8 heteroatoms. The molecular formula is C19H26ClN3O4. The summed E-state index contributed by atoms with van der Waals surface area (Å²) in [5.41, 5.74) is 6.75. The van der Waals surface area contributed by atoms with Gasteiger partial charge in [-0.25, -0.2) is 0 Å². The van der Waals surface area contributed by atoms with Crippen LogP contribution in [0.3, 0.4) is 0 Å². The highest BCUT2D eigenvalue weighted by Crippen LogP contribution is 2.27.